The Morgan fingerprint density at radius 3 is 1.00 bits per heavy atom. The Balaban J connectivity index is -0.000000117. The van der Waals surface area contributed by atoms with Crippen LogP contribution in [0.1, 0.15) is 54.4 Å². The zero-order valence-corrected chi connectivity index (χ0v) is 10.3. The molecule has 0 amide bonds. The van der Waals surface area contributed by atoms with Crippen molar-refractivity contribution >= 4 is 0 Å². The fraction of sp³-hybridized carbons (Fsp3) is 1.00. The number of nitrogens with zero attached hydrogens (tertiary/aromatic N) is 1. The Morgan fingerprint density at radius 1 is 0.667 bits per heavy atom. The largest absolute Gasteiger partial charge is 0.306 e. The first kappa shape index (κ1) is 17.9. The van der Waals surface area contributed by atoms with Crippen molar-refractivity contribution in [1.29, 1.82) is 0 Å². The molecule has 0 bridgehead atoms. The van der Waals surface area contributed by atoms with Gasteiger partial charge in [-0.05, 0) is 33.0 Å². The molecule has 78 valence electrons. The molecule has 0 atom stereocenters. The first-order valence-corrected chi connectivity index (χ1v) is 5.58. The lowest BCUT2D eigenvalue weighted by atomic mass is 10.4. The zero-order valence-electron chi connectivity index (χ0n) is 10.3. The van der Waals surface area contributed by atoms with Crippen molar-refractivity contribution in [3.05, 3.63) is 0 Å². The summed E-state index contributed by atoms with van der Waals surface area (Å²) in [6, 6.07) is 0. The molecule has 1 heteroatoms. The van der Waals surface area contributed by atoms with E-state index in [1.54, 1.807) is 0 Å². The number of rotatable bonds is 0. The Hall–Kier alpha value is -0.0400. The summed E-state index contributed by atoms with van der Waals surface area (Å²) in [7, 11) is 2.17. The zero-order chi connectivity index (χ0) is 10.4. The summed E-state index contributed by atoms with van der Waals surface area (Å²) in [6.07, 6.45) is 2.83. The molecule has 0 N–H and O–H groups in total. The van der Waals surface area contributed by atoms with Crippen LogP contribution in [0.2, 0.25) is 0 Å². The van der Waals surface area contributed by atoms with E-state index in [1.807, 2.05) is 41.5 Å². The summed E-state index contributed by atoms with van der Waals surface area (Å²) in [5.74, 6) is 0. The van der Waals surface area contributed by atoms with Gasteiger partial charge in [0.05, 0.1) is 0 Å². The minimum atomic E-state index is 1.32. The molecule has 1 fully saturated rings. The second kappa shape index (κ2) is 22.4. The van der Waals surface area contributed by atoms with Gasteiger partial charge in [-0.2, -0.15) is 0 Å². The third kappa shape index (κ3) is 16.5. The fourth-order valence-corrected chi connectivity index (χ4v) is 0.875. The van der Waals surface area contributed by atoms with Crippen LogP contribution in [-0.4, -0.2) is 25.0 Å². The molecule has 12 heavy (non-hydrogen) atoms. The van der Waals surface area contributed by atoms with E-state index in [-0.39, 0.29) is 0 Å². The molecule has 0 aromatic heterocycles. The molecular formula is C11H29N. The standard InChI is InChI=1S/C5H11N.3C2H6/c1-6-4-2-3-5-6;3*1-2/h2-5H2,1H3;3*1-2H3. The van der Waals surface area contributed by atoms with Gasteiger partial charge in [0.1, 0.15) is 0 Å². The quantitative estimate of drug-likeness (QED) is 0.541. The third-order valence-electron chi connectivity index (χ3n) is 1.33. The van der Waals surface area contributed by atoms with Crippen molar-refractivity contribution in [1.82, 2.24) is 4.90 Å². The van der Waals surface area contributed by atoms with Crippen LogP contribution < -0.4 is 0 Å². The van der Waals surface area contributed by atoms with Gasteiger partial charge in [-0.25, -0.2) is 0 Å². The van der Waals surface area contributed by atoms with Crippen LogP contribution in [0.25, 0.3) is 0 Å². The summed E-state index contributed by atoms with van der Waals surface area (Å²) < 4.78 is 0. The van der Waals surface area contributed by atoms with Crippen molar-refractivity contribution < 1.29 is 0 Å². The van der Waals surface area contributed by atoms with E-state index >= 15 is 0 Å². The van der Waals surface area contributed by atoms with E-state index < -0.39 is 0 Å². The molecule has 0 aromatic rings. The SMILES string of the molecule is CC.CC.CC.CN1CCCC1. The van der Waals surface area contributed by atoms with Gasteiger partial charge in [0, 0.05) is 0 Å². The highest BCUT2D eigenvalue weighted by Crippen LogP contribution is 2.01. The molecule has 1 aliphatic heterocycles. The van der Waals surface area contributed by atoms with Gasteiger partial charge in [0.2, 0.25) is 0 Å². The Labute approximate surface area is 80.2 Å². The average molecular weight is 175 g/mol. The summed E-state index contributed by atoms with van der Waals surface area (Å²) in [4.78, 5) is 2.36. The molecule has 0 unspecified atom stereocenters. The molecule has 0 saturated carbocycles. The smallest absolute Gasteiger partial charge is 0.00213 e. The summed E-state index contributed by atoms with van der Waals surface area (Å²) in [5, 5.41) is 0. The van der Waals surface area contributed by atoms with Crippen molar-refractivity contribution in [2.75, 3.05) is 20.1 Å². The molecule has 0 aromatic carbocycles. The van der Waals surface area contributed by atoms with Crippen molar-refractivity contribution in [3.8, 4) is 0 Å². The van der Waals surface area contributed by atoms with Crippen molar-refractivity contribution in [2.45, 2.75) is 54.4 Å². The maximum absolute atomic E-state index is 2.36. The van der Waals surface area contributed by atoms with E-state index in [2.05, 4.69) is 11.9 Å². The number of hydrogen-bond acceptors (Lipinski definition) is 1. The number of hydrogen-bond donors (Lipinski definition) is 0. The van der Waals surface area contributed by atoms with Gasteiger partial charge in [-0.3, -0.25) is 0 Å². The lowest BCUT2D eigenvalue weighted by molar-refractivity contribution is 0.418. The highest BCUT2D eigenvalue weighted by Gasteiger charge is 2.03. The predicted molar refractivity (Wildman–Crippen MR) is 60.8 cm³/mol. The highest BCUT2D eigenvalue weighted by molar-refractivity contribution is 4.59. The Kier molecular flexibility index (Phi) is 33.5. The maximum atomic E-state index is 2.36. The van der Waals surface area contributed by atoms with Crippen LogP contribution >= 0.6 is 0 Å². The van der Waals surface area contributed by atoms with Crippen LogP contribution in [0.3, 0.4) is 0 Å². The van der Waals surface area contributed by atoms with Gasteiger partial charge in [0.25, 0.3) is 0 Å². The second-order valence-electron chi connectivity index (χ2n) is 2.01. The molecule has 0 spiro atoms. The highest BCUT2D eigenvalue weighted by atomic mass is 15.1. The van der Waals surface area contributed by atoms with Crippen molar-refractivity contribution in [2.24, 2.45) is 0 Å². The molecule has 1 nitrogen and oxygen atoms in total. The molecule has 0 aliphatic carbocycles. The van der Waals surface area contributed by atoms with E-state index in [0.717, 1.165) is 0 Å². The van der Waals surface area contributed by atoms with E-state index in [9.17, 15) is 0 Å². The second-order valence-corrected chi connectivity index (χ2v) is 2.01. The molecule has 0 radical (unpaired) electrons. The van der Waals surface area contributed by atoms with Gasteiger partial charge in [-0.1, -0.05) is 41.5 Å². The average Bonchev–Trinajstić information content (AvgIpc) is 2.66. The minimum Gasteiger partial charge on any atom is -0.306 e. The summed E-state index contributed by atoms with van der Waals surface area (Å²) in [5.41, 5.74) is 0. The van der Waals surface area contributed by atoms with Gasteiger partial charge in [-0.15, -0.1) is 0 Å². The van der Waals surface area contributed by atoms with Gasteiger partial charge < -0.3 is 4.90 Å². The van der Waals surface area contributed by atoms with Crippen LogP contribution in [0.15, 0.2) is 0 Å². The van der Waals surface area contributed by atoms with E-state index in [0.29, 0.717) is 0 Å². The predicted octanol–water partition coefficient (Wildman–Crippen LogP) is 3.79. The lowest BCUT2D eigenvalue weighted by Crippen LogP contribution is -2.10. The first-order valence-electron chi connectivity index (χ1n) is 5.58. The van der Waals surface area contributed by atoms with E-state index in [1.165, 1.54) is 25.9 Å². The van der Waals surface area contributed by atoms with Crippen LogP contribution in [-0.2, 0) is 0 Å². The fourth-order valence-electron chi connectivity index (χ4n) is 0.875. The third-order valence-corrected chi connectivity index (χ3v) is 1.33. The first-order chi connectivity index (χ1) is 5.89. The Morgan fingerprint density at radius 2 is 0.917 bits per heavy atom. The molecule has 1 saturated heterocycles. The Bertz CT molecular complexity index is 38.3. The topological polar surface area (TPSA) is 3.24 Å². The summed E-state index contributed by atoms with van der Waals surface area (Å²) in [6.45, 7) is 14.6. The summed E-state index contributed by atoms with van der Waals surface area (Å²) >= 11 is 0. The maximum Gasteiger partial charge on any atom is -0.00213 e. The van der Waals surface area contributed by atoms with Gasteiger partial charge >= 0.3 is 0 Å². The molecule has 1 aliphatic rings. The number of likely N-dealkylation sites (tertiary alicyclic amines) is 1. The normalized spacial score (nSPS) is 14.2. The molecular weight excluding hydrogens is 146 g/mol. The molecule has 1 heterocycles. The van der Waals surface area contributed by atoms with E-state index in [4.69, 9.17) is 0 Å². The monoisotopic (exact) mass is 175 g/mol. The molecule has 1 rings (SSSR count). The van der Waals surface area contributed by atoms with Gasteiger partial charge in [0.15, 0.2) is 0 Å². The van der Waals surface area contributed by atoms with Crippen LogP contribution in [0.4, 0.5) is 0 Å². The van der Waals surface area contributed by atoms with Crippen LogP contribution in [0.5, 0.6) is 0 Å². The van der Waals surface area contributed by atoms with Crippen LogP contribution in [0, 0.1) is 0 Å². The lowest BCUT2D eigenvalue weighted by Gasteiger charge is -2.01. The van der Waals surface area contributed by atoms with Crippen molar-refractivity contribution in [3.63, 3.8) is 0 Å². The minimum absolute atomic E-state index is 1.32.